The van der Waals surface area contributed by atoms with E-state index in [4.69, 9.17) is 10.5 Å². The van der Waals surface area contributed by atoms with Crippen LogP contribution in [0.3, 0.4) is 0 Å². The van der Waals surface area contributed by atoms with Crippen LogP contribution in [-0.4, -0.2) is 59.8 Å². The molecule has 5 rings (SSSR count). The van der Waals surface area contributed by atoms with Crippen molar-refractivity contribution < 1.29 is 9.53 Å². The molecule has 3 N–H and O–H groups in total. The van der Waals surface area contributed by atoms with Crippen molar-refractivity contribution in [3.8, 4) is 11.1 Å². The third-order valence-corrected chi connectivity index (χ3v) is 7.09. The van der Waals surface area contributed by atoms with Crippen LogP contribution in [0.15, 0.2) is 55.1 Å². The average Bonchev–Trinajstić information content (AvgIpc) is 2.92. The second-order valence-corrected chi connectivity index (χ2v) is 9.53. The topological polar surface area (TPSA) is 96.6 Å². The van der Waals surface area contributed by atoms with Crippen LogP contribution >= 0.6 is 0 Å². The first kappa shape index (κ1) is 23.9. The highest BCUT2D eigenvalue weighted by Gasteiger charge is 2.22. The number of nitrogens with two attached hydrogens (primary N) is 1. The van der Waals surface area contributed by atoms with Gasteiger partial charge in [0.05, 0.1) is 5.52 Å². The number of amides is 1. The number of benzene rings is 2. The van der Waals surface area contributed by atoms with Gasteiger partial charge in [0.1, 0.15) is 12.4 Å². The van der Waals surface area contributed by atoms with Gasteiger partial charge >= 0.3 is 6.09 Å². The van der Waals surface area contributed by atoms with Crippen LogP contribution in [0, 0.1) is 0 Å². The fraction of sp³-hybridized carbons (Fsp3) is 0.393. The van der Waals surface area contributed by atoms with Gasteiger partial charge in [0.25, 0.3) is 0 Å². The molecule has 8 nitrogen and oxygen atoms in total. The molecule has 188 valence electrons. The van der Waals surface area contributed by atoms with Crippen molar-refractivity contribution >= 4 is 34.4 Å². The highest BCUT2D eigenvalue weighted by molar-refractivity contribution is 5.93. The Bertz CT molecular complexity index is 1210. The molecule has 0 bridgehead atoms. The van der Waals surface area contributed by atoms with Crippen molar-refractivity contribution in [2.45, 2.75) is 38.1 Å². The van der Waals surface area contributed by atoms with E-state index in [2.05, 4.69) is 63.2 Å². The summed E-state index contributed by atoms with van der Waals surface area (Å²) in [7, 11) is 0. The zero-order valence-corrected chi connectivity index (χ0v) is 20.7. The predicted octanol–water partition coefficient (Wildman–Crippen LogP) is 5.07. The van der Waals surface area contributed by atoms with Crippen molar-refractivity contribution in [2.24, 2.45) is 0 Å². The van der Waals surface area contributed by atoms with Crippen molar-refractivity contribution in [3.05, 3.63) is 55.1 Å². The molecule has 1 aliphatic heterocycles. The van der Waals surface area contributed by atoms with E-state index >= 15 is 0 Å². The van der Waals surface area contributed by atoms with E-state index in [0.29, 0.717) is 25.1 Å². The number of aromatic nitrogens is 2. The molecule has 2 fully saturated rings. The number of carbonyl (C=O) groups is 1. The van der Waals surface area contributed by atoms with Gasteiger partial charge in [-0.25, -0.2) is 9.78 Å². The van der Waals surface area contributed by atoms with Crippen LogP contribution in [0.4, 0.5) is 22.2 Å². The lowest BCUT2D eigenvalue weighted by Gasteiger charge is -2.35. The van der Waals surface area contributed by atoms with Gasteiger partial charge in [0.2, 0.25) is 5.95 Å². The molecule has 1 aliphatic carbocycles. The maximum Gasteiger partial charge on any atom is 0.410 e. The monoisotopic (exact) mass is 486 g/mol. The van der Waals surface area contributed by atoms with Crippen LogP contribution in [-0.2, 0) is 4.74 Å². The maximum absolute atomic E-state index is 12.1. The standard InChI is InChI=1S/C28H34N6O2/c1-2-18-36-28(35)34-16-14-33(15-17-34)23-11-8-20(9-12-23)21-10-13-25-24(19-21)26(32-27(29)31-25)30-22-6-4-3-5-7-22/h2,8-13,19,22H,1,3-7,14-18H2,(H3,29,30,31,32). The van der Waals surface area contributed by atoms with E-state index < -0.39 is 0 Å². The summed E-state index contributed by atoms with van der Waals surface area (Å²) in [4.78, 5) is 25.1. The molecule has 1 aromatic heterocycles. The zero-order valence-electron chi connectivity index (χ0n) is 20.7. The summed E-state index contributed by atoms with van der Waals surface area (Å²) < 4.78 is 5.15. The molecule has 0 unspecified atom stereocenters. The van der Waals surface area contributed by atoms with Crippen LogP contribution in [0.5, 0.6) is 0 Å². The average molecular weight is 487 g/mol. The third-order valence-electron chi connectivity index (χ3n) is 7.09. The molecular weight excluding hydrogens is 452 g/mol. The highest BCUT2D eigenvalue weighted by atomic mass is 16.6. The lowest BCUT2D eigenvalue weighted by molar-refractivity contribution is 0.110. The van der Waals surface area contributed by atoms with Gasteiger partial charge in [-0.1, -0.05) is 50.1 Å². The number of nitrogens with one attached hydrogen (secondary N) is 1. The Morgan fingerprint density at radius 3 is 2.47 bits per heavy atom. The molecule has 2 aliphatic rings. The zero-order chi connectivity index (χ0) is 24.9. The molecule has 2 aromatic carbocycles. The lowest BCUT2D eigenvalue weighted by Crippen LogP contribution is -2.49. The molecule has 3 aromatic rings. The molecule has 8 heteroatoms. The molecule has 0 atom stereocenters. The minimum Gasteiger partial charge on any atom is -0.445 e. The Morgan fingerprint density at radius 1 is 1.03 bits per heavy atom. The molecule has 2 heterocycles. The number of ether oxygens (including phenoxy) is 1. The van der Waals surface area contributed by atoms with Crippen LogP contribution < -0.4 is 16.0 Å². The minimum absolute atomic E-state index is 0.243. The Kier molecular flexibility index (Phi) is 7.21. The number of piperazine rings is 1. The largest absolute Gasteiger partial charge is 0.445 e. The Balaban J connectivity index is 1.30. The molecule has 1 saturated carbocycles. The molecule has 0 radical (unpaired) electrons. The predicted molar refractivity (Wildman–Crippen MR) is 145 cm³/mol. The summed E-state index contributed by atoms with van der Waals surface area (Å²) in [5.41, 5.74) is 10.3. The van der Waals surface area contributed by atoms with Gasteiger partial charge < -0.3 is 25.6 Å². The summed E-state index contributed by atoms with van der Waals surface area (Å²) in [6.45, 7) is 6.65. The maximum atomic E-state index is 12.1. The second kappa shape index (κ2) is 10.8. The number of anilines is 3. The van der Waals surface area contributed by atoms with Crippen LogP contribution in [0.1, 0.15) is 32.1 Å². The summed E-state index contributed by atoms with van der Waals surface area (Å²) in [6.07, 6.45) is 7.45. The lowest BCUT2D eigenvalue weighted by atomic mass is 9.95. The summed E-state index contributed by atoms with van der Waals surface area (Å²) in [6, 6.07) is 15.3. The van der Waals surface area contributed by atoms with E-state index in [0.717, 1.165) is 59.5 Å². The van der Waals surface area contributed by atoms with Gasteiger partial charge in [-0.3, -0.25) is 0 Å². The van der Waals surface area contributed by atoms with Gasteiger partial charge in [-0.15, -0.1) is 0 Å². The van der Waals surface area contributed by atoms with Crippen molar-refractivity contribution in [1.82, 2.24) is 14.9 Å². The van der Waals surface area contributed by atoms with Gasteiger partial charge in [0, 0.05) is 43.3 Å². The molecule has 36 heavy (non-hydrogen) atoms. The first-order valence-corrected chi connectivity index (χ1v) is 12.8. The number of hydrogen-bond donors (Lipinski definition) is 2. The number of carbonyl (C=O) groups excluding carboxylic acids is 1. The number of hydrogen-bond acceptors (Lipinski definition) is 7. The quantitative estimate of drug-likeness (QED) is 0.470. The van der Waals surface area contributed by atoms with Crippen LogP contribution in [0.25, 0.3) is 22.0 Å². The van der Waals surface area contributed by atoms with E-state index in [9.17, 15) is 4.79 Å². The third kappa shape index (κ3) is 5.37. The van der Waals surface area contributed by atoms with E-state index in [1.54, 1.807) is 11.0 Å². The van der Waals surface area contributed by atoms with Crippen LogP contribution in [0.2, 0.25) is 0 Å². The smallest absolute Gasteiger partial charge is 0.410 e. The van der Waals surface area contributed by atoms with Gasteiger partial charge in [-0.2, -0.15) is 4.98 Å². The number of rotatable bonds is 6. The fourth-order valence-corrected chi connectivity index (χ4v) is 5.11. The SMILES string of the molecule is C=CCOC(=O)N1CCN(c2ccc(-c3ccc4nc(N)nc(NC5CCCCC5)c4c3)cc2)CC1. The van der Waals surface area contributed by atoms with Crippen molar-refractivity contribution in [1.29, 1.82) is 0 Å². The summed E-state index contributed by atoms with van der Waals surface area (Å²) >= 11 is 0. The number of fused-ring (bicyclic) bond motifs is 1. The molecule has 1 saturated heterocycles. The first-order valence-electron chi connectivity index (χ1n) is 12.8. The highest BCUT2D eigenvalue weighted by Crippen LogP contribution is 2.31. The van der Waals surface area contributed by atoms with Crippen molar-refractivity contribution in [3.63, 3.8) is 0 Å². The second-order valence-electron chi connectivity index (χ2n) is 9.53. The van der Waals surface area contributed by atoms with Gasteiger partial charge in [-0.05, 0) is 48.2 Å². The first-order chi connectivity index (χ1) is 17.6. The molecule has 1 amide bonds. The van der Waals surface area contributed by atoms with Crippen molar-refractivity contribution in [2.75, 3.05) is 48.7 Å². The Labute approximate surface area is 212 Å². The minimum atomic E-state index is -0.274. The Morgan fingerprint density at radius 2 is 1.75 bits per heavy atom. The van der Waals surface area contributed by atoms with E-state index in [-0.39, 0.29) is 12.7 Å². The molecule has 0 spiro atoms. The van der Waals surface area contributed by atoms with E-state index in [1.807, 2.05) is 6.07 Å². The fourth-order valence-electron chi connectivity index (χ4n) is 5.11. The molecular formula is C28H34N6O2. The number of nitrogen functional groups attached to an aromatic ring is 1. The summed E-state index contributed by atoms with van der Waals surface area (Å²) in [5.74, 6) is 1.12. The van der Waals surface area contributed by atoms with E-state index in [1.165, 1.54) is 19.3 Å². The number of nitrogens with zero attached hydrogens (tertiary/aromatic N) is 4. The Hall–Kier alpha value is -3.81. The summed E-state index contributed by atoms with van der Waals surface area (Å²) in [5, 5.41) is 4.63. The normalized spacial score (nSPS) is 16.7. The van der Waals surface area contributed by atoms with Gasteiger partial charge in [0.15, 0.2) is 0 Å².